The van der Waals surface area contributed by atoms with Gasteiger partial charge in [0.2, 0.25) is 0 Å². The molecule has 0 fully saturated rings. The van der Waals surface area contributed by atoms with Gasteiger partial charge in [0.05, 0.1) is 0 Å². The van der Waals surface area contributed by atoms with E-state index in [0.29, 0.717) is 0 Å². The van der Waals surface area contributed by atoms with Crippen molar-refractivity contribution in [2.24, 2.45) is 0 Å². The van der Waals surface area contributed by atoms with E-state index < -0.39 is 14.5 Å². The SMILES string of the molecule is O=[Se]([O-])O.[Cl-].[Na+].[Na+]. The van der Waals surface area contributed by atoms with Gasteiger partial charge in [0, 0.05) is 0 Å². The molecule has 1 N–H and O–H groups in total. The number of halogens is 1. The molecule has 0 radical (unpaired) electrons. The molecular weight excluding hydrogens is 208 g/mol. The topological polar surface area (TPSA) is 60.4 Å². The molecule has 0 heterocycles. The van der Waals surface area contributed by atoms with Gasteiger partial charge in [0.1, 0.15) is 0 Å². The van der Waals surface area contributed by atoms with Crippen molar-refractivity contribution >= 4 is 14.5 Å². The fraction of sp³-hybridized carbons (Fsp3) is 0. The van der Waals surface area contributed by atoms with Crippen molar-refractivity contribution in [3.63, 3.8) is 0 Å². The number of hydrogen-bond donors (Lipinski definition) is 1. The van der Waals surface area contributed by atoms with Crippen LogP contribution in [-0.4, -0.2) is 18.7 Å². The summed E-state index contributed by atoms with van der Waals surface area (Å²) in [6, 6.07) is 0. The molecule has 7 heavy (non-hydrogen) atoms. The van der Waals surface area contributed by atoms with Gasteiger partial charge in [-0.1, -0.05) is 0 Å². The van der Waals surface area contributed by atoms with Gasteiger partial charge in [-0.15, -0.1) is 0 Å². The van der Waals surface area contributed by atoms with Gasteiger partial charge in [0.25, 0.3) is 0 Å². The minimum Gasteiger partial charge on any atom is -1.00 e. The maximum absolute atomic E-state index is 8.65. The van der Waals surface area contributed by atoms with E-state index in [1.165, 1.54) is 0 Å². The van der Waals surface area contributed by atoms with Crippen LogP contribution in [0.4, 0.5) is 0 Å². The van der Waals surface area contributed by atoms with Crippen LogP contribution >= 0.6 is 0 Å². The van der Waals surface area contributed by atoms with Gasteiger partial charge < -0.3 is 12.4 Å². The second-order valence-electron chi connectivity index (χ2n) is 0.217. The predicted octanol–water partition coefficient (Wildman–Crippen LogP) is -11.2. The molecule has 0 aliphatic carbocycles. The molecule has 0 amide bonds. The Balaban J connectivity index is -0.0000000150. The van der Waals surface area contributed by atoms with Gasteiger partial charge in [0.15, 0.2) is 0 Å². The molecule has 0 aromatic rings. The van der Waals surface area contributed by atoms with Crippen LogP contribution in [0.15, 0.2) is 0 Å². The first-order valence-electron chi connectivity index (χ1n) is 0.516. The second-order valence-corrected chi connectivity index (χ2v) is 1.13. The van der Waals surface area contributed by atoms with E-state index in [0.717, 1.165) is 0 Å². The van der Waals surface area contributed by atoms with E-state index in [1.807, 2.05) is 0 Å². The van der Waals surface area contributed by atoms with Crippen molar-refractivity contribution in [1.82, 2.24) is 0 Å². The molecule has 0 aromatic carbocycles. The van der Waals surface area contributed by atoms with Gasteiger partial charge in [-0.3, -0.25) is 0 Å². The molecule has 0 aliphatic heterocycles. The van der Waals surface area contributed by atoms with E-state index >= 15 is 0 Å². The van der Waals surface area contributed by atoms with Crippen LogP contribution < -0.4 is 75.7 Å². The Morgan fingerprint density at radius 1 is 1.43 bits per heavy atom. The minimum atomic E-state index is -3.54. The second kappa shape index (κ2) is 15.8. The molecule has 34 valence electrons. The van der Waals surface area contributed by atoms with Gasteiger partial charge in [-0.2, -0.15) is 0 Å². The fourth-order valence-corrected chi connectivity index (χ4v) is 0. The van der Waals surface area contributed by atoms with Crippen molar-refractivity contribution in [3.05, 3.63) is 0 Å². The molecule has 0 bridgehead atoms. The van der Waals surface area contributed by atoms with Crippen molar-refractivity contribution in [3.8, 4) is 0 Å². The summed E-state index contributed by atoms with van der Waals surface area (Å²) in [5, 5.41) is 0. The molecule has 0 saturated carbocycles. The summed E-state index contributed by atoms with van der Waals surface area (Å²) in [6.07, 6.45) is 0. The van der Waals surface area contributed by atoms with Crippen LogP contribution in [-0.2, 0) is 3.83 Å². The Hall–Kier alpha value is 2.53. The van der Waals surface area contributed by atoms with Crippen LogP contribution in [0.3, 0.4) is 0 Å². The maximum atomic E-state index is 8.65. The number of hydrogen-bond acceptors (Lipinski definition) is 2. The van der Waals surface area contributed by atoms with Gasteiger partial charge in [-0.05, 0) is 0 Å². The molecule has 7 heteroatoms. The maximum Gasteiger partial charge on any atom is 1.00 e. The molecule has 1 unspecified atom stereocenters. The largest absolute Gasteiger partial charge is 1.00 e. The Bertz CT molecular complexity index is 35.9. The van der Waals surface area contributed by atoms with Crippen LogP contribution in [0.25, 0.3) is 0 Å². The van der Waals surface area contributed by atoms with Crippen LogP contribution in [0, 0.1) is 0 Å². The summed E-state index contributed by atoms with van der Waals surface area (Å²) in [5.41, 5.74) is 0. The first-order chi connectivity index (χ1) is 1.73. The number of rotatable bonds is 0. The molecule has 3 nitrogen and oxygen atoms in total. The van der Waals surface area contributed by atoms with Crippen LogP contribution in [0.2, 0.25) is 0 Å². The first kappa shape index (κ1) is 22.7. The van der Waals surface area contributed by atoms with Gasteiger partial charge >= 0.3 is 85.8 Å². The van der Waals surface area contributed by atoms with E-state index in [4.69, 9.17) is 12.2 Å². The minimum absolute atomic E-state index is 0. The van der Waals surface area contributed by atoms with Crippen LogP contribution in [0.5, 0.6) is 0 Å². The van der Waals surface area contributed by atoms with E-state index in [1.54, 1.807) is 0 Å². The Kier molecular flexibility index (Phi) is 51.2. The summed E-state index contributed by atoms with van der Waals surface area (Å²) in [6.45, 7) is 0. The van der Waals surface area contributed by atoms with Crippen molar-refractivity contribution in [2.75, 3.05) is 0 Å². The summed E-state index contributed by atoms with van der Waals surface area (Å²) in [7, 11) is 0. The molecule has 0 rings (SSSR count). The fourth-order valence-electron chi connectivity index (χ4n) is 0. The first-order valence-corrected chi connectivity index (χ1v) is 2.68. The molecule has 0 saturated heterocycles. The summed E-state index contributed by atoms with van der Waals surface area (Å²) < 4.78 is 24.4. The third-order valence-electron chi connectivity index (χ3n) is 0. The van der Waals surface area contributed by atoms with Crippen molar-refractivity contribution in [1.29, 1.82) is 0 Å². The zero-order valence-corrected chi connectivity index (χ0v) is 10.5. The average molecular weight is 209 g/mol. The van der Waals surface area contributed by atoms with E-state index in [9.17, 15) is 0 Å². The quantitative estimate of drug-likeness (QED) is 0.403. The van der Waals surface area contributed by atoms with E-state index in [-0.39, 0.29) is 71.5 Å². The monoisotopic (exact) mass is 210 g/mol. The summed E-state index contributed by atoms with van der Waals surface area (Å²) in [5.74, 6) is 0. The van der Waals surface area contributed by atoms with Crippen molar-refractivity contribution in [2.45, 2.75) is 0 Å². The third-order valence-corrected chi connectivity index (χ3v) is 0. The third kappa shape index (κ3) is 56.8. The summed E-state index contributed by atoms with van der Waals surface area (Å²) >= 11 is -3.54. The normalized spacial score (nSPS) is 8.86. The average Bonchev–Trinajstić information content (AvgIpc) is 0.811. The summed E-state index contributed by atoms with van der Waals surface area (Å²) in [4.78, 5) is 0. The predicted molar refractivity (Wildman–Crippen MR) is 8.66 cm³/mol. The zero-order valence-electron chi connectivity index (χ0n) is 4.05. The molecule has 0 aliphatic rings. The smallest absolute Gasteiger partial charge is 1.00 e. The Morgan fingerprint density at radius 3 is 1.43 bits per heavy atom. The molecule has 0 aromatic heterocycles. The zero-order chi connectivity index (χ0) is 3.58. The standard InChI is InChI=1S/ClH.2Na.H2O3Se/c;;;1-4(2)3/h1H;;;(H2,1,2,3)/q;2*+1;/p-2. The molecule has 0 spiro atoms. The molecule has 1 atom stereocenters. The van der Waals surface area contributed by atoms with Crippen LogP contribution in [0.1, 0.15) is 0 Å². The Morgan fingerprint density at radius 2 is 1.43 bits per heavy atom. The van der Waals surface area contributed by atoms with Crippen molar-refractivity contribution < 1.29 is 83.7 Å². The van der Waals surface area contributed by atoms with Gasteiger partial charge in [-0.25, -0.2) is 0 Å². The molecular formula is HClNa2O3Se. The van der Waals surface area contributed by atoms with E-state index in [2.05, 4.69) is 0 Å². The Labute approximate surface area is 96.6 Å².